The quantitative estimate of drug-likeness (QED) is 0.351. The fourth-order valence-electron chi connectivity index (χ4n) is 2.98. The maximum atomic E-state index is 12.9. The third-order valence-corrected chi connectivity index (χ3v) is 4.93. The molecule has 0 bridgehead atoms. The molecule has 0 unspecified atom stereocenters. The Balaban J connectivity index is 1.64. The largest absolute Gasteiger partial charge is 0.423 e. The lowest BCUT2D eigenvalue weighted by atomic mass is 9.98. The van der Waals surface area contributed by atoms with Gasteiger partial charge in [-0.15, -0.1) is 0 Å². The fourth-order valence-corrected chi connectivity index (χ4v) is 3.25. The van der Waals surface area contributed by atoms with E-state index in [0.29, 0.717) is 27.8 Å². The van der Waals surface area contributed by atoms with Gasteiger partial charge in [0, 0.05) is 32.7 Å². The first-order valence-electron chi connectivity index (χ1n) is 8.76. The summed E-state index contributed by atoms with van der Waals surface area (Å²) in [6.07, 6.45) is 0. The average molecular weight is 448 g/mol. The van der Waals surface area contributed by atoms with Crippen molar-refractivity contribution < 1.29 is 14.0 Å². The number of nitrogens with one attached hydrogen (secondary N) is 1. The zero-order valence-corrected chi connectivity index (χ0v) is 16.6. The van der Waals surface area contributed by atoms with Crippen LogP contribution in [-0.2, 0) is 0 Å². The van der Waals surface area contributed by atoms with E-state index in [0.717, 1.165) is 4.47 Å². The highest BCUT2D eigenvalue weighted by atomic mass is 79.9. The summed E-state index contributed by atoms with van der Waals surface area (Å²) in [5.74, 6) is -0.633. The molecule has 4 rings (SSSR count). The van der Waals surface area contributed by atoms with Gasteiger partial charge in [-0.1, -0.05) is 34.1 Å². The Kier molecular flexibility index (Phi) is 5.10. The lowest BCUT2D eigenvalue weighted by Crippen LogP contribution is -2.17. The molecule has 0 saturated carbocycles. The third-order valence-electron chi connectivity index (χ3n) is 4.40. The van der Waals surface area contributed by atoms with E-state index >= 15 is 0 Å². The first kappa shape index (κ1) is 18.8. The maximum absolute atomic E-state index is 12.9. The van der Waals surface area contributed by atoms with Gasteiger partial charge in [-0.2, -0.15) is 0 Å². The molecule has 1 aromatic heterocycles. The second-order valence-electron chi connectivity index (χ2n) is 6.34. The van der Waals surface area contributed by atoms with E-state index in [2.05, 4.69) is 21.2 Å². The zero-order valence-electron chi connectivity index (χ0n) is 15.0. The lowest BCUT2D eigenvalue weighted by Gasteiger charge is -2.10. The van der Waals surface area contributed by atoms with E-state index in [-0.39, 0.29) is 11.3 Å². The van der Waals surface area contributed by atoms with Crippen LogP contribution in [0.5, 0.6) is 0 Å². The molecular weight excluding hydrogens is 434 g/mol. The Morgan fingerprint density at radius 2 is 1.55 bits per heavy atom. The van der Waals surface area contributed by atoms with Crippen LogP contribution >= 0.6 is 15.9 Å². The molecule has 0 aliphatic rings. The number of halogens is 1. The number of anilines is 1. The van der Waals surface area contributed by atoms with Crippen LogP contribution in [0.25, 0.3) is 11.0 Å². The molecule has 0 aliphatic heterocycles. The Morgan fingerprint density at radius 3 is 2.31 bits per heavy atom. The molecule has 0 radical (unpaired) electrons. The van der Waals surface area contributed by atoms with Gasteiger partial charge in [0.05, 0.1) is 5.56 Å². The summed E-state index contributed by atoms with van der Waals surface area (Å²) in [6, 6.07) is 21.6. The molecule has 3 aromatic carbocycles. The van der Waals surface area contributed by atoms with Crippen molar-refractivity contribution in [3.63, 3.8) is 0 Å². The van der Waals surface area contributed by atoms with Crippen LogP contribution in [-0.4, -0.2) is 11.7 Å². The van der Waals surface area contributed by atoms with E-state index < -0.39 is 11.5 Å². The van der Waals surface area contributed by atoms with Crippen molar-refractivity contribution in [2.24, 2.45) is 0 Å². The number of amides is 1. The van der Waals surface area contributed by atoms with E-state index in [9.17, 15) is 14.4 Å². The van der Waals surface area contributed by atoms with Crippen LogP contribution in [0.3, 0.4) is 0 Å². The molecular formula is C23H14BrNO4. The van der Waals surface area contributed by atoms with Gasteiger partial charge in [-0.05, 0) is 54.6 Å². The molecule has 0 fully saturated rings. The average Bonchev–Trinajstić information content (AvgIpc) is 2.74. The molecule has 5 nitrogen and oxygen atoms in total. The van der Waals surface area contributed by atoms with Crippen LogP contribution in [0.2, 0.25) is 0 Å². The minimum atomic E-state index is -0.435. The minimum Gasteiger partial charge on any atom is -0.423 e. The van der Waals surface area contributed by atoms with Gasteiger partial charge in [0.2, 0.25) is 0 Å². The molecule has 4 aromatic rings. The number of ketones is 1. The number of fused-ring (bicyclic) bond motifs is 1. The highest BCUT2D eigenvalue weighted by Gasteiger charge is 2.18. The monoisotopic (exact) mass is 447 g/mol. The Morgan fingerprint density at radius 1 is 0.828 bits per heavy atom. The molecule has 1 N–H and O–H groups in total. The summed E-state index contributed by atoms with van der Waals surface area (Å²) in [5.41, 5.74) is 1.62. The molecule has 0 atom stereocenters. The van der Waals surface area contributed by atoms with Crippen LogP contribution in [0.4, 0.5) is 5.69 Å². The normalized spacial score (nSPS) is 10.7. The highest BCUT2D eigenvalue weighted by molar-refractivity contribution is 9.10. The highest BCUT2D eigenvalue weighted by Crippen LogP contribution is 2.21. The number of hydrogen-bond acceptors (Lipinski definition) is 4. The zero-order chi connectivity index (χ0) is 20.4. The fraction of sp³-hybridized carbons (Fsp3) is 0. The Hall–Kier alpha value is -3.51. The van der Waals surface area contributed by atoms with Crippen LogP contribution in [0.15, 0.2) is 92.5 Å². The van der Waals surface area contributed by atoms with Crippen molar-refractivity contribution in [2.45, 2.75) is 0 Å². The van der Waals surface area contributed by atoms with Crippen LogP contribution in [0.1, 0.15) is 26.3 Å². The van der Waals surface area contributed by atoms with Gasteiger partial charge in [-0.25, -0.2) is 4.79 Å². The van der Waals surface area contributed by atoms with Crippen molar-refractivity contribution >= 4 is 44.3 Å². The number of carbonyl (C=O) groups excluding carboxylic acids is 2. The summed E-state index contributed by atoms with van der Waals surface area (Å²) in [7, 11) is 0. The topological polar surface area (TPSA) is 76.4 Å². The van der Waals surface area contributed by atoms with Crippen molar-refractivity contribution in [1.29, 1.82) is 0 Å². The molecule has 1 heterocycles. The summed E-state index contributed by atoms with van der Waals surface area (Å²) in [4.78, 5) is 37.1. The van der Waals surface area contributed by atoms with Crippen molar-refractivity contribution in [3.05, 3.63) is 110 Å². The second kappa shape index (κ2) is 7.85. The Labute approximate surface area is 174 Å². The first-order valence-corrected chi connectivity index (χ1v) is 9.55. The molecule has 6 heteroatoms. The minimum absolute atomic E-state index is 0.233. The lowest BCUT2D eigenvalue weighted by molar-refractivity contribution is 0.0996. The summed E-state index contributed by atoms with van der Waals surface area (Å²) in [5, 5.41) is 3.48. The molecule has 0 spiro atoms. The van der Waals surface area contributed by atoms with Crippen molar-refractivity contribution in [1.82, 2.24) is 0 Å². The predicted molar refractivity (Wildman–Crippen MR) is 114 cm³/mol. The van der Waals surface area contributed by atoms with Gasteiger partial charge in [-0.3, -0.25) is 9.59 Å². The number of hydrogen-bond donors (Lipinski definition) is 1. The molecule has 0 aliphatic carbocycles. The van der Waals surface area contributed by atoms with Gasteiger partial charge in [0.15, 0.2) is 5.78 Å². The van der Waals surface area contributed by atoms with E-state index in [1.165, 1.54) is 6.07 Å². The van der Waals surface area contributed by atoms with Gasteiger partial charge in [0.25, 0.3) is 5.91 Å². The SMILES string of the molecule is O=C(Nc1ccc2oc(=O)ccc2c1)c1ccccc1C(=O)c1ccc(Br)cc1. The summed E-state index contributed by atoms with van der Waals surface area (Å²) in [6.45, 7) is 0. The molecule has 29 heavy (non-hydrogen) atoms. The Bertz CT molecular complexity index is 1290. The van der Waals surface area contributed by atoms with Crippen LogP contribution in [0, 0.1) is 0 Å². The molecule has 1 amide bonds. The van der Waals surface area contributed by atoms with Gasteiger partial charge in [0.1, 0.15) is 5.58 Å². The smallest absolute Gasteiger partial charge is 0.336 e. The summed E-state index contributed by atoms with van der Waals surface area (Å²) < 4.78 is 5.97. The number of carbonyl (C=O) groups is 2. The molecule has 142 valence electrons. The second-order valence-corrected chi connectivity index (χ2v) is 7.26. The number of rotatable bonds is 4. The van der Waals surface area contributed by atoms with Crippen molar-refractivity contribution in [2.75, 3.05) is 5.32 Å². The van der Waals surface area contributed by atoms with Crippen molar-refractivity contribution in [3.8, 4) is 0 Å². The van der Waals surface area contributed by atoms with Gasteiger partial charge >= 0.3 is 5.63 Å². The molecule has 0 saturated heterocycles. The maximum Gasteiger partial charge on any atom is 0.336 e. The summed E-state index contributed by atoms with van der Waals surface area (Å²) >= 11 is 3.35. The predicted octanol–water partition coefficient (Wildman–Crippen LogP) is 5.04. The first-order chi connectivity index (χ1) is 14.0. The standard InChI is InChI=1S/C23H14BrNO4/c24-16-8-5-14(6-9-16)22(27)18-3-1-2-4-19(18)23(28)25-17-10-11-20-15(13-17)7-12-21(26)29-20/h1-13H,(H,25,28). The van der Waals surface area contributed by atoms with Gasteiger partial charge < -0.3 is 9.73 Å². The van der Waals surface area contributed by atoms with Crippen LogP contribution < -0.4 is 10.9 Å². The van der Waals surface area contributed by atoms with E-state index in [1.807, 2.05) is 0 Å². The van der Waals surface area contributed by atoms with E-state index in [1.54, 1.807) is 72.8 Å². The third kappa shape index (κ3) is 4.02. The number of benzene rings is 3. The van der Waals surface area contributed by atoms with E-state index in [4.69, 9.17) is 4.42 Å².